The fraction of sp³-hybridized carbons (Fsp3) is 0.143. The molecule has 4 nitrogen and oxygen atoms in total. The van der Waals surface area contributed by atoms with E-state index < -0.39 is 10.7 Å². The van der Waals surface area contributed by atoms with Crippen LogP contribution in [0, 0.1) is 15.9 Å². The lowest BCUT2D eigenvalue weighted by Gasteiger charge is -2.04. The Morgan fingerprint density at radius 2 is 2.00 bits per heavy atom. The molecule has 0 atom stereocenters. The standard InChI is InChI=1S/C14H12FNO3S/c15-12-4-11(5-13(7-12)16(18)19)9-20-14-3-1-2-10(6-14)8-17/h1-7,17H,8-9H2. The van der Waals surface area contributed by atoms with E-state index in [9.17, 15) is 14.5 Å². The number of nitro groups is 1. The minimum absolute atomic E-state index is 0.0418. The van der Waals surface area contributed by atoms with Crippen molar-refractivity contribution in [2.24, 2.45) is 0 Å². The van der Waals surface area contributed by atoms with Crippen molar-refractivity contribution in [2.75, 3.05) is 0 Å². The van der Waals surface area contributed by atoms with E-state index in [1.54, 1.807) is 6.07 Å². The molecule has 0 saturated heterocycles. The molecule has 2 rings (SSSR count). The Kier molecular flexibility index (Phi) is 4.70. The maximum Gasteiger partial charge on any atom is 0.272 e. The van der Waals surface area contributed by atoms with Crippen LogP contribution in [0.3, 0.4) is 0 Å². The van der Waals surface area contributed by atoms with Gasteiger partial charge in [0, 0.05) is 16.7 Å². The predicted octanol–water partition coefficient (Wildman–Crippen LogP) is 3.52. The molecule has 104 valence electrons. The first-order valence-corrected chi connectivity index (χ1v) is 6.83. The SMILES string of the molecule is O=[N+]([O-])c1cc(F)cc(CSc2cccc(CO)c2)c1. The second-order valence-corrected chi connectivity index (χ2v) is 5.22. The second-order valence-electron chi connectivity index (χ2n) is 4.17. The normalized spacial score (nSPS) is 10.5. The molecule has 0 fully saturated rings. The Bertz CT molecular complexity index is 634. The summed E-state index contributed by atoms with van der Waals surface area (Å²) in [6.45, 7) is -0.0418. The van der Waals surface area contributed by atoms with Crippen LogP contribution in [-0.2, 0) is 12.4 Å². The van der Waals surface area contributed by atoms with Crippen LogP contribution in [0.25, 0.3) is 0 Å². The van der Waals surface area contributed by atoms with Crippen LogP contribution in [0.5, 0.6) is 0 Å². The fourth-order valence-corrected chi connectivity index (χ4v) is 2.63. The molecular weight excluding hydrogens is 281 g/mol. The molecule has 0 amide bonds. The highest BCUT2D eigenvalue weighted by Crippen LogP contribution is 2.26. The third-order valence-corrected chi connectivity index (χ3v) is 3.70. The second kappa shape index (κ2) is 6.49. The molecular formula is C14H12FNO3S. The van der Waals surface area contributed by atoms with Crippen molar-refractivity contribution in [3.8, 4) is 0 Å². The lowest BCUT2D eigenvalue weighted by Crippen LogP contribution is -1.92. The number of thioether (sulfide) groups is 1. The summed E-state index contributed by atoms with van der Waals surface area (Å²) in [5, 5.41) is 19.7. The molecule has 0 bridgehead atoms. The first-order chi connectivity index (χ1) is 9.58. The number of aliphatic hydroxyl groups excluding tert-OH is 1. The molecule has 0 aromatic heterocycles. The Morgan fingerprint density at radius 3 is 2.70 bits per heavy atom. The van der Waals surface area contributed by atoms with Gasteiger partial charge in [-0.25, -0.2) is 4.39 Å². The van der Waals surface area contributed by atoms with E-state index in [1.807, 2.05) is 18.2 Å². The van der Waals surface area contributed by atoms with Crippen molar-refractivity contribution in [1.29, 1.82) is 0 Å². The summed E-state index contributed by atoms with van der Waals surface area (Å²) in [5.74, 6) is -0.188. The molecule has 2 aromatic carbocycles. The van der Waals surface area contributed by atoms with Gasteiger partial charge in [-0.3, -0.25) is 10.1 Å². The van der Waals surface area contributed by atoms with Crippen LogP contribution in [0.2, 0.25) is 0 Å². The van der Waals surface area contributed by atoms with Gasteiger partial charge in [0.25, 0.3) is 5.69 Å². The van der Waals surface area contributed by atoms with Gasteiger partial charge < -0.3 is 5.11 Å². The van der Waals surface area contributed by atoms with Gasteiger partial charge in [-0.15, -0.1) is 11.8 Å². The number of nitro benzene ring substituents is 1. The molecule has 0 spiro atoms. The van der Waals surface area contributed by atoms with E-state index in [-0.39, 0.29) is 12.3 Å². The smallest absolute Gasteiger partial charge is 0.272 e. The predicted molar refractivity (Wildman–Crippen MR) is 75.0 cm³/mol. The first kappa shape index (κ1) is 14.5. The van der Waals surface area contributed by atoms with Gasteiger partial charge in [0.2, 0.25) is 0 Å². The number of non-ortho nitro benzene ring substituents is 1. The Balaban J connectivity index is 2.12. The third kappa shape index (κ3) is 3.79. The van der Waals surface area contributed by atoms with Crippen molar-refractivity contribution >= 4 is 17.4 Å². The molecule has 0 saturated carbocycles. The van der Waals surface area contributed by atoms with Crippen molar-refractivity contribution in [3.05, 3.63) is 69.5 Å². The lowest BCUT2D eigenvalue weighted by atomic mass is 10.2. The summed E-state index contributed by atoms with van der Waals surface area (Å²) in [6.07, 6.45) is 0. The zero-order valence-corrected chi connectivity index (χ0v) is 11.3. The quantitative estimate of drug-likeness (QED) is 0.520. The van der Waals surface area contributed by atoms with E-state index in [1.165, 1.54) is 23.9 Å². The van der Waals surface area contributed by atoms with Crippen molar-refractivity contribution in [1.82, 2.24) is 0 Å². The molecule has 20 heavy (non-hydrogen) atoms. The molecule has 0 aliphatic carbocycles. The molecule has 0 radical (unpaired) electrons. The van der Waals surface area contributed by atoms with Crippen molar-refractivity contribution in [2.45, 2.75) is 17.3 Å². The summed E-state index contributed by atoms with van der Waals surface area (Å²) in [5.41, 5.74) is 1.10. The van der Waals surface area contributed by atoms with Crippen LogP contribution in [0.4, 0.5) is 10.1 Å². The highest BCUT2D eigenvalue weighted by atomic mass is 32.2. The van der Waals surface area contributed by atoms with E-state index in [2.05, 4.69) is 0 Å². The largest absolute Gasteiger partial charge is 0.392 e. The number of benzene rings is 2. The third-order valence-electron chi connectivity index (χ3n) is 2.64. The number of nitrogens with zero attached hydrogens (tertiary/aromatic N) is 1. The van der Waals surface area contributed by atoms with E-state index in [0.29, 0.717) is 11.3 Å². The lowest BCUT2D eigenvalue weighted by molar-refractivity contribution is -0.385. The van der Waals surface area contributed by atoms with Gasteiger partial charge in [0.05, 0.1) is 17.6 Å². The van der Waals surface area contributed by atoms with Crippen LogP contribution in [0.15, 0.2) is 47.4 Å². The monoisotopic (exact) mass is 293 g/mol. The Hall–Kier alpha value is -1.92. The van der Waals surface area contributed by atoms with Gasteiger partial charge in [0.1, 0.15) is 5.82 Å². The average Bonchev–Trinajstić information content (AvgIpc) is 2.44. The number of rotatable bonds is 5. The van der Waals surface area contributed by atoms with Gasteiger partial charge >= 0.3 is 0 Å². The fourth-order valence-electron chi connectivity index (χ4n) is 1.72. The summed E-state index contributed by atoms with van der Waals surface area (Å²) >= 11 is 1.43. The molecule has 6 heteroatoms. The van der Waals surface area contributed by atoms with Crippen LogP contribution in [-0.4, -0.2) is 10.0 Å². The highest BCUT2D eigenvalue weighted by Gasteiger charge is 2.10. The number of aliphatic hydroxyl groups is 1. The minimum Gasteiger partial charge on any atom is -0.392 e. The van der Waals surface area contributed by atoms with Crippen LogP contribution >= 0.6 is 11.8 Å². The maximum atomic E-state index is 13.3. The summed E-state index contributed by atoms with van der Waals surface area (Å²) < 4.78 is 13.3. The maximum absolute atomic E-state index is 13.3. The molecule has 1 N–H and O–H groups in total. The Labute approximate surface area is 119 Å². The van der Waals surface area contributed by atoms with Gasteiger partial charge in [0.15, 0.2) is 0 Å². The van der Waals surface area contributed by atoms with E-state index >= 15 is 0 Å². The zero-order valence-electron chi connectivity index (χ0n) is 10.5. The molecule has 0 aliphatic rings. The molecule has 2 aromatic rings. The summed E-state index contributed by atoms with van der Waals surface area (Å²) in [7, 11) is 0. The van der Waals surface area contributed by atoms with Crippen LogP contribution < -0.4 is 0 Å². The average molecular weight is 293 g/mol. The molecule has 0 heterocycles. The first-order valence-electron chi connectivity index (χ1n) is 5.85. The topological polar surface area (TPSA) is 63.4 Å². The van der Waals surface area contributed by atoms with Crippen molar-refractivity contribution in [3.63, 3.8) is 0 Å². The van der Waals surface area contributed by atoms with Crippen molar-refractivity contribution < 1.29 is 14.4 Å². The number of halogens is 1. The highest BCUT2D eigenvalue weighted by molar-refractivity contribution is 7.98. The number of hydrogen-bond donors (Lipinski definition) is 1. The summed E-state index contributed by atoms with van der Waals surface area (Å²) in [6, 6.07) is 10.9. The number of hydrogen-bond acceptors (Lipinski definition) is 4. The summed E-state index contributed by atoms with van der Waals surface area (Å²) in [4.78, 5) is 11.0. The Morgan fingerprint density at radius 1 is 1.20 bits per heavy atom. The minimum atomic E-state index is -0.612. The van der Waals surface area contributed by atoms with E-state index in [4.69, 9.17) is 5.11 Å². The van der Waals surface area contributed by atoms with Crippen LogP contribution in [0.1, 0.15) is 11.1 Å². The van der Waals surface area contributed by atoms with Gasteiger partial charge in [-0.05, 0) is 29.3 Å². The van der Waals surface area contributed by atoms with E-state index in [0.717, 1.165) is 16.5 Å². The van der Waals surface area contributed by atoms with Gasteiger partial charge in [-0.2, -0.15) is 0 Å². The molecule has 0 unspecified atom stereocenters. The zero-order chi connectivity index (χ0) is 14.5. The van der Waals surface area contributed by atoms with Gasteiger partial charge in [-0.1, -0.05) is 12.1 Å². The molecule has 0 aliphatic heterocycles.